The fourth-order valence-electron chi connectivity index (χ4n) is 3.51. The van der Waals surface area contributed by atoms with Crippen LogP contribution < -0.4 is 10.1 Å². The fraction of sp³-hybridized carbons (Fsp3) is 0.273. The van der Waals surface area contributed by atoms with Gasteiger partial charge in [0.15, 0.2) is 0 Å². The molecule has 0 radical (unpaired) electrons. The van der Waals surface area contributed by atoms with Gasteiger partial charge in [0.25, 0.3) is 5.91 Å². The molecule has 3 aromatic rings. The third-order valence-corrected chi connectivity index (χ3v) is 7.86. The number of carbonyl (C=O) groups is 1. The second-order valence-corrected chi connectivity index (χ2v) is 10.2. The summed E-state index contributed by atoms with van der Waals surface area (Å²) in [4.78, 5) is 17.3. The van der Waals surface area contributed by atoms with Gasteiger partial charge in [0.2, 0.25) is 10.0 Å². The molecule has 1 amide bonds. The highest BCUT2D eigenvalue weighted by molar-refractivity contribution is 7.89. The minimum atomic E-state index is -3.72. The first-order valence-corrected chi connectivity index (χ1v) is 12.2. The monoisotopic (exact) mass is 457 g/mol. The normalized spacial score (nSPS) is 14.5. The quantitative estimate of drug-likeness (QED) is 0.600. The first-order valence-electron chi connectivity index (χ1n) is 9.90. The number of amides is 1. The Balaban J connectivity index is 1.56. The average molecular weight is 458 g/mol. The number of benzene rings is 2. The van der Waals surface area contributed by atoms with E-state index in [0.29, 0.717) is 18.8 Å². The Hall–Kier alpha value is -2.75. The Bertz CT molecular complexity index is 1200. The number of nitrogens with zero attached hydrogens (tertiary/aromatic N) is 2. The zero-order chi connectivity index (χ0) is 22.0. The number of aryl methyl sites for hydroxylation is 1. The van der Waals surface area contributed by atoms with Gasteiger partial charge in [-0.1, -0.05) is 12.1 Å². The van der Waals surface area contributed by atoms with Crippen molar-refractivity contribution in [1.82, 2.24) is 9.29 Å². The van der Waals surface area contributed by atoms with Crippen molar-refractivity contribution >= 4 is 33.0 Å². The molecule has 1 aliphatic heterocycles. The largest absolute Gasteiger partial charge is 0.495 e. The number of anilines is 1. The van der Waals surface area contributed by atoms with Gasteiger partial charge in [0.05, 0.1) is 17.8 Å². The highest BCUT2D eigenvalue weighted by Crippen LogP contribution is 2.30. The van der Waals surface area contributed by atoms with E-state index in [0.717, 1.165) is 29.1 Å². The van der Waals surface area contributed by atoms with Gasteiger partial charge >= 0.3 is 0 Å². The van der Waals surface area contributed by atoms with E-state index in [-0.39, 0.29) is 16.2 Å². The molecule has 0 spiro atoms. The van der Waals surface area contributed by atoms with Crippen molar-refractivity contribution in [3.8, 4) is 17.0 Å². The second kappa shape index (κ2) is 8.78. The van der Waals surface area contributed by atoms with Gasteiger partial charge in [0.1, 0.15) is 10.6 Å². The molecular formula is C22H23N3O4S2. The number of sulfonamides is 1. The molecule has 1 aromatic heterocycles. The molecule has 1 aliphatic rings. The molecule has 0 atom stereocenters. The third-order valence-electron chi connectivity index (χ3n) is 5.17. The first-order chi connectivity index (χ1) is 14.9. The highest BCUT2D eigenvalue weighted by atomic mass is 32.2. The van der Waals surface area contributed by atoms with E-state index < -0.39 is 15.9 Å². The number of methoxy groups -OCH3 is 1. The zero-order valence-electron chi connectivity index (χ0n) is 17.3. The standard InChI is InChI=1S/C22H23N3O4S2/c1-15-23-19(14-30-15)16-5-8-18(9-6-16)24-22(26)17-7-10-20(29-2)21(13-17)31(27,28)25-11-3-4-12-25/h5-10,13-14H,3-4,11-12H2,1-2H3,(H,24,26). The molecule has 2 aromatic carbocycles. The molecule has 0 bridgehead atoms. The predicted molar refractivity (Wildman–Crippen MR) is 121 cm³/mol. The minimum Gasteiger partial charge on any atom is -0.495 e. The third kappa shape index (κ3) is 4.48. The summed E-state index contributed by atoms with van der Waals surface area (Å²) in [5.74, 6) is -0.163. The predicted octanol–water partition coefficient (Wildman–Crippen LogP) is 4.16. The smallest absolute Gasteiger partial charge is 0.255 e. The Morgan fingerprint density at radius 3 is 2.45 bits per heavy atom. The van der Waals surface area contributed by atoms with Gasteiger partial charge < -0.3 is 10.1 Å². The lowest BCUT2D eigenvalue weighted by molar-refractivity contribution is 0.102. The molecule has 1 fully saturated rings. The number of rotatable bonds is 6. The summed E-state index contributed by atoms with van der Waals surface area (Å²) in [7, 11) is -2.30. The molecule has 1 N–H and O–H groups in total. The lowest BCUT2D eigenvalue weighted by Crippen LogP contribution is -2.28. The number of hydrogen-bond acceptors (Lipinski definition) is 6. The van der Waals surface area contributed by atoms with Crippen LogP contribution in [0.4, 0.5) is 5.69 Å². The van der Waals surface area contributed by atoms with Crippen LogP contribution in [0.25, 0.3) is 11.3 Å². The molecule has 2 heterocycles. The van der Waals surface area contributed by atoms with Crippen molar-refractivity contribution in [3.05, 3.63) is 58.4 Å². The summed E-state index contributed by atoms with van der Waals surface area (Å²) in [6.07, 6.45) is 1.66. The first kappa shape index (κ1) is 21.5. The number of carbonyl (C=O) groups excluding carboxylic acids is 1. The molecule has 0 unspecified atom stereocenters. The van der Waals surface area contributed by atoms with Crippen LogP contribution in [0, 0.1) is 6.92 Å². The van der Waals surface area contributed by atoms with E-state index in [4.69, 9.17) is 4.74 Å². The molecule has 4 rings (SSSR count). The maximum atomic E-state index is 13.0. The molecule has 1 saturated heterocycles. The van der Waals surface area contributed by atoms with Crippen molar-refractivity contribution in [2.75, 3.05) is 25.5 Å². The summed E-state index contributed by atoms with van der Waals surface area (Å²) in [6, 6.07) is 11.8. The summed E-state index contributed by atoms with van der Waals surface area (Å²) in [5, 5.41) is 5.80. The summed E-state index contributed by atoms with van der Waals surface area (Å²) in [5.41, 5.74) is 2.72. The van der Waals surface area contributed by atoms with E-state index in [9.17, 15) is 13.2 Å². The highest BCUT2D eigenvalue weighted by Gasteiger charge is 2.30. The summed E-state index contributed by atoms with van der Waals surface area (Å²) < 4.78 is 32.8. The molecule has 162 valence electrons. The van der Waals surface area contributed by atoms with Crippen molar-refractivity contribution in [2.45, 2.75) is 24.7 Å². The van der Waals surface area contributed by atoms with Crippen LogP contribution in [0.2, 0.25) is 0 Å². The van der Waals surface area contributed by atoms with Gasteiger partial charge in [-0.3, -0.25) is 4.79 Å². The summed E-state index contributed by atoms with van der Waals surface area (Å²) >= 11 is 1.58. The number of hydrogen-bond donors (Lipinski definition) is 1. The minimum absolute atomic E-state index is 0.0128. The molecule has 7 nitrogen and oxygen atoms in total. The van der Waals surface area contributed by atoms with Gasteiger partial charge in [-0.25, -0.2) is 13.4 Å². The van der Waals surface area contributed by atoms with Crippen LogP contribution >= 0.6 is 11.3 Å². The van der Waals surface area contributed by atoms with Crippen LogP contribution in [-0.2, 0) is 10.0 Å². The lowest BCUT2D eigenvalue weighted by atomic mass is 10.1. The van der Waals surface area contributed by atoms with Gasteiger partial charge in [0, 0.05) is 35.3 Å². The number of aromatic nitrogens is 1. The second-order valence-electron chi connectivity index (χ2n) is 7.26. The van der Waals surface area contributed by atoms with Gasteiger partial charge in [-0.15, -0.1) is 11.3 Å². The topological polar surface area (TPSA) is 88.6 Å². The SMILES string of the molecule is COc1ccc(C(=O)Nc2ccc(-c3csc(C)n3)cc2)cc1S(=O)(=O)N1CCCC1. The molecule has 31 heavy (non-hydrogen) atoms. The van der Waals surface area contributed by atoms with Crippen LogP contribution in [0.3, 0.4) is 0 Å². The average Bonchev–Trinajstić information content (AvgIpc) is 3.46. The van der Waals surface area contributed by atoms with Crippen LogP contribution in [0.1, 0.15) is 28.2 Å². The van der Waals surface area contributed by atoms with E-state index in [1.807, 2.05) is 24.4 Å². The Morgan fingerprint density at radius 1 is 1.13 bits per heavy atom. The van der Waals surface area contributed by atoms with Crippen molar-refractivity contribution in [1.29, 1.82) is 0 Å². The van der Waals surface area contributed by atoms with Crippen LogP contribution in [0.5, 0.6) is 5.75 Å². The van der Waals surface area contributed by atoms with Crippen molar-refractivity contribution in [3.63, 3.8) is 0 Å². The number of nitrogens with one attached hydrogen (secondary N) is 1. The maximum absolute atomic E-state index is 13.0. The Labute approximate surface area is 185 Å². The van der Waals surface area contributed by atoms with Gasteiger partial charge in [-0.2, -0.15) is 4.31 Å². The van der Waals surface area contributed by atoms with E-state index >= 15 is 0 Å². The molecule has 9 heteroatoms. The van der Waals surface area contributed by atoms with Crippen LogP contribution in [-0.4, -0.2) is 43.8 Å². The zero-order valence-corrected chi connectivity index (χ0v) is 18.9. The molecule has 0 aliphatic carbocycles. The Kier molecular flexibility index (Phi) is 6.08. The van der Waals surface area contributed by atoms with Crippen molar-refractivity contribution in [2.24, 2.45) is 0 Å². The van der Waals surface area contributed by atoms with Gasteiger partial charge in [-0.05, 0) is 50.1 Å². The number of ether oxygens (including phenoxy) is 1. The van der Waals surface area contributed by atoms with E-state index in [1.165, 1.54) is 23.5 Å². The maximum Gasteiger partial charge on any atom is 0.255 e. The Morgan fingerprint density at radius 2 is 1.84 bits per heavy atom. The fourth-order valence-corrected chi connectivity index (χ4v) is 5.83. The molecular weight excluding hydrogens is 434 g/mol. The van der Waals surface area contributed by atoms with E-state index in [1.54, 1.807) is 29.5 Å². The lowest BCUT2D eigenvalue weighted by Gasteiger charge is -2.18. The molecule has 0 saturated carbocycles. The van der Waals surface area contributed by atoms with Crippen molar-refractivity contribution < 1.29 is 17.9 Å². The number of thiazole rings is 1. The van der Waals surface area contributed by atoms with Crippen LogP contribution in [0.15, 0.2) is 52.7 Å². The summed E-state index contributed by atoms with van der Waals surface area (Å²) in [6.45, 7) is 2.91. The van der Waals surface area contributed by atoms with E-state index in [2.05, 4.69) is 10.3 Å².